The van der Waals surface area contributed by atoms with Crippen LogP contribution >= 0.6 is 11.8 Å². The number of aromatic nitrogens is 4. The van der Waals surface area contributed by atoms with E-state index in [1.807, 2.05) is 71.5 Å². The molecule has 2 heterocycles. The number of carbonyl (C=O) groups excluding carboxylic acids is 1. The van der Waals surface area contributed by atoms with Crippen LogP contribution < -0.4 is 5.32 Å². The molecule has 1 unspecified atom stereocenters. The van der Waals surface area contributed by atoms with Crippen molar-refractivity contribution in [1.29, 1.82) is 0 Å². The van der Waals surface area contributed by atoms with Gasteiger partial charge in [0.15, 0.2) is 11.0 Å². The highest BCUT2D eigenvalue weighted by atomic mass is 32.2. The number of benzene rings is 2. The number of fused-ring (bicyclic) bond motifs is 1. The Labute approximate surface area is 186 Å². The minimum absolute atomic E-state index is 0.411. The molecular weight excluding hydrogens is 439 g/mol. The van der Waals surface area contributed by atoms with Gasteiger partial charge in [0.2, 0.25) is 5.91 Å². The van der Waals surface area contributed by atoms with Crippen LogP contribution in [0.2, 0.25) is 0 Å². The lowest BCUT2D eigenvalue weighted by Crippen LogP contribution is -2.38. The number of thioether (sulfide) groups is 1. The van der Waals surface area contributed by atoms with E-state index in [9.17, 15) is 18.0 Å². The Morgan fingerprint density at radius 3 is 2.62 bits per heavy atom. The number of alkyl halides is 3. The van der Waals surface area contributed by atoms with Crippen molar-refractivity contribution in [3.8, 4) is 17.1 Å². The molecule has 0 aliphatic heterocycles. The van der Waals surface area contributed by atoms with Gasteiger partial charge in [-0.15, -0.1) is 10.2 Å². The summed E-state index contributed by atoms with van der Waals surface area (Å²) in [5, 5.41) is 11.2. The normalized spacial score (nSPS) is 12.8. The molecule has 32 heavy (non-hydrogen) atoms. The second-order valence-electron chi connectivity index (χ2n) is 7.27. The van der Waals surface area contributed by atoms with Gasteiger partial charge in [0.05, 0.1) is 10.9 Å². The van der Waals surface area contributed by atoms with Gasteiger partial charge >= 0.3 is 6.18 Å². The van der Waals surface area contributed by atoms with Crippen molar-refractivity contribution in [2.75, 3.05) is 6.54 Å². The molecule has 0 saturated heterocycles. The summed E-state index contributed by atoms with van der Waals surface area (Å²) >= 11 is 1.06. The molecule has 2 aromatic carbocycles. The molecule has 4 rings (SSSR count). The predicted molar refractivity (Wildman–Crippen MR) is 118 cm³/mol. The lowest BCUT2D eigenvalue weighted by Gasteiger charge is -2.15. The molecule has 2 N–H and O–H groups in total. The molecule has 0 fully saturated rings. The third-order valence-corrected chi connectivity index (χ3v) is 5.98. The van der Waals surface area contributed by atoms with Crippen LogP contribution in [0.3, 0.4) is 0 Å². The van der Waals surface area contributed by atoms with Gasteiger partial charge in [-0.1, -0.05) is 48.2 Å². The molecule has 1 amide bonds. The molecule has 0 saturated carbocycles. The maximum Gasteiger partial charge on any atom is 0.405 e. The third kappa shape index (κ3) is 4.50. The minimum atomic E-state index is -4.47. The quantitative estimate of drug-likeness (QED) is 0.403. The van der Waals surface area contributed by atoms with E-state index in [-0.39, 0.29) is 0 Å². The van der Waals surface area contributed by atoms with Crippen LogP contribution in [-0.4, -0.2) is 43.6 Å². The van der Waals surface area contributed by atoms with E-state index in [0.29, 0.717) is 11.0 Å². The molecule has 4 aromatic rings. The molecule has 0 aliphatic rings. The van der Waals surface area contributed by atoms with Gasteiger partial charge in [-0.25, -0.2) is 0 Å². The highest BCUT2D eigenvalue weighted by Gasteiger charge is 2.30. The fourth-order valence-electron chi connectivity index (χ4n) is 3.35. The molecule has 0 aliphatic carbocycles. The highest BCUT2D eigenvalue weighted by Crippen LogP contribution is 2.34. The van der Waals surface area contributed by atoms with Gasteiger partial charge in [0, 0.05) is 22.7 Å². The number of hydrogen-bond donors (Lipinski definition) is 2. The zero-order valence-corrected chi connectivity index (χ0v) is 18.1. The van der Waals surface area contributed by atoms with Crippen LogP contribution in [0.15, 0.2) is 59.9 Å². The van der Waals surface area contributed by atoms with E-state index >= 15 is 0 Å². The SMILES string of the molecule is Cc1ccccc1-n1c(SC(C)C(=O)NCC(F)(F)F)nnc1-c1c[nH]c2ccccc12. The summed E-state index contributed by atoms with van der Waals surface area (Å²) in [5.41, 5.74) is 3.56. The Morgan fingerprint density at radius 2 is 1.88 bits per heavy atom. The molecule has 2 aromatic heterocycles. The Hall–Kier alpha value is -3.27. The molecule has 0 radical (unpaired) electrons. The first-order valence-corrected chi connectivity index (χ1v) is 10.7. The van der Waals surface area contributed by atoms with Crippen LogP contribution in [0.5, 0.6) is 0 Å². The second-order valence-corrected chi connectivity index (χ2v) is 8.58. The average Bonchev–Trinajstić information content (AvgIpc) is 3.35. The smallest absolute Gasteiger partial charge is 0.360 e. The third-order valence-electron chi connectivity index (χ3n) is 4.93. The average molecular weight is 459 g/mol. The van der Waals surface area contributed by atoms with E-state index in [1.54, 1.807) is 6.92 Å². The zero-order valence-electron chi connectivity index (χ0n) is 17.3. The molecule has 0 spiro atoms. The van der Waals surface area contributed by atoms with Crippen LogP contribution in [-0.2, 0) is 4.79 Å². The summed E-state index contributed by atoms with van der Waals surface area (Å²) in [6.07, 6.45) is -2.62. The minimum Gasteiger partial charge on any atom is -0.360 e. The van der Waals surface area contributed by atoms with Crippen LogP contribution in [0.25, 0.3) is 28.0 Å². The number of carbonyl (C=O) groups is 1. The standard InChI is InChI=1S/C22H20F3N5OS/c1-13-7-3-6-10-18(13)30-19(16-11-26-17-9-5-4-8-15(16)17)28-29-21(30)32-14(2)20(31)27-12-22(23,24)25/h3-11,14,26H,12H2,1-2H3,(H,27,31). The molecule has 6 nitrogen and oxygen atoms in total. The van der Waals surface area contributed by atoms with Crippen molar-refractivity contribution in [3.63, 3.8) is 0 Å². The van der Waals surface area contributed by atoms with E-state index in [1.165, 1.54) is 0 Å². The van der Waals surface area contributed by atoms with Crippen molar-refractivity contribution < 1.29 is 18.0 Å². The van der Waals surface area contributed by atoms with Crippen molar-refractivity contribution >= 4 is 28.6 Å². The number of amides is 1. The van der Waals surface area contributed by atoms with Gasteiger partial charge in [0.25, 0.3) is 0 Å². The van der Waals surface area contributed by atoms with Gasteiger partial charge in [-0.3, -0.25) is 9.36 Å². The first-order valence-electron chi connectivity index (χ1n) is 9.83. The van der Waals surface area contributed by atoms with E-state index < -0.39 is 23.9 Å². The zero-order chi connectivity index (χ0) is 22.9. The maximum atomic E-state index is 12.5. The Bertz CT molecular complexity index is 1260. The van der Waals surface area contributed by atoms with E-state index in [2.05, 4.69) is 15.2 Å². The van der Waals surface area contributed by atoms with Crippen molar-refractivity contribution in [2.24, 2.45) is 0 Å². The fraction of sp³-hybridized carbons (Fsp3) is 0.227. The second kappa shape index (κ2) is 8.70. The largest absolute Gasteiger partial charge is 0.405 e. The lowest BCUT2D eigenvalue weighted by atomic mass is 10.1. The summed E-state index contributed by atoms with van der Waals surface area (Å²) in [6, 6.07) is 15.4. The van der Waals surface area contributed by atoms with E-state index in [0.717, 1.165) is 39.5 Å². The summed E-state index contributed by atoms with van der Waals surface area (Å²) in [6.45, 7) is 2.11. The lowest BCUT2D eigenvalue weighted by molar-refractivity contribution is -0.137. The number of halogens is 3. The number of para-hydroxylation sites is 2. The number of hydrogen-bond acceptors (Lipinski definition) is 4. The molecule has 10 heteroatoms. The number of nitrogens with zero attached hydrogens (tertiary/aromatic N) is 3. The number of aromatic amines is 1. The fourth-order valence-corrected chi connectivity index (χ4v) is 4.24. The molecule has 166 valence electrons. The highest BCUT2D eigenvalue weighted by molar-refractivity contribution is 8.00. The van der Waals surface area contributed by atoms with Gasteiger partial charge in [-0.05, 0) is 31.5 Å². The Morgan fingerprint density at radius 1 is 1.16 bits per heavy atom. The number of nitrogens with one attached hydrogen (secondary N) is 2. The van der Waals surface area contributed by atoms with Gasteiger partial charge in [-0.2, -0.15) is 13.2 Å². The van der Waals surface area contributed by atoms with Crippen LogP contribution in [0, 0.1) is 6.92 Å². The Kier molecular flexibility index (Phi) is 5.96. The van der Waals surface area contributed by atoms with Gasteiger partial charge < -0.3 is 10.3 Å². The first-order chi connectivity index (χ1) is 15.2. The predicted octanol–water partition coefficient (Wildman–Crippen LogP) is 4.88. The molecule has 1 atom stereocenters. The van der Waals surface area contributed by atoms with Gasteiger partial charge in [0.1, 0.15) is 6.54 Å². The summed E-state index contributed by atoms with van der Waals surface area (Å²) in [5.74, 6) is -0.151. The number of H-pyrrole nitrogens is 1. The summed E-state index contributed by atoms with van der Waals surface area (Å²) in [4.78, 5) is 15.4. The number of aryl methyl sites for hydroxylation is 1. The summed E-state index contributed by atoms with van der Waals surface area (Å²) in [7, 11) is 0. The van der Waals surface area contributed by atoms with Crippen molar-refractivity contribution in [3.05, 3.63) is 60.3 Å². The molecular formula is C22H20F3N5OS. The maximum absolute atomic E-state index is 12.5. The summed E-state index contributed by atoms with van der Waals surface area (Å²) < 4.78 is 39.3. The first kappa shape index (κ1) is 21.9. The van der Waals surface area contributed by atoms with Crippen molar-refractivity contribution in [2.45, 2.75) is 30.4 Å². The number of rotatable bonds is 6. The molecule has 0 bridgehead atoms. The van der Waals surface area contributed by atoms with Crippen LogP contribution in [0.4, 0.5) is 13.2 Å². The van der Waals surface area contributed by atoms with Crippen molar-refractivity contribution in [1.82, 2.24) is 25.1 Å². The van der Waals surface area contributed by atoms with E-state index in [4.69, 9.17) is 0 Å². The van der Waals surface area contributed by atoms with Crippen LogP contribution in [0.1, 0.15) is 12.5 Å². The monoisotopic (exact) mass is 459 g/mol. The Balaban J connectivity index is 1.74. The topological polar surface area (TPSA) is 75.6 Å².